The molecule has 0 aromatic heterocycles. The zero-order valence-corrected chi connectivity index (χ0v) is 20.0. The maximum absolute atomic E-state index is 11.6. The van der Waals surface area contributed by atoms with Gasteiger partial charge in [-0.25, -0.2) is 0 Å². The standard InChI is InChI=1S/C19H27NO6S.Na.H/c1-5-26-18(21)7-6-10-20-17-11-15(25-4)8-9-16(17)14(12-19(20,2)3)13-27(22,23)24;;/h8-9,11-12H,5-7,10,13H2,1-4H3,(H,22,23,24);;/q;+1;-1. The molecule has 0 aliphatic carbocycles. The van der Waals surface area contributed by atoms with Crippen LogP contribution >= 0.6 is 0 Å². The van der Waals surface area contributed by atoms with Crippen molar-refractivity contribution >= 4 is 27.3 Å². The number of carbonyl (C=O) groups excluding carboxylic acids is 1. The molecule has 1 heterocycles. The van der Waals surface area contributed by atoms with E-state index >= 15 is 0 Å². The van der Waals surface area contributed by atoms with Gasteiger partial charge in [0.15, 0.2) is 0 Å². The summed E-state index contributed by atoms with van der Waals surface area (Å²) in [5.41, 5.74) is 1.57. The van der Waals surface area contributed by atoms with Gasteiger partial charge in [0.25, 0.3) is 10.1 Å². The summed E-state index contributed by atoms with van der Waals surface area (Å²) in [4.78, 5) is 13.7. The van der Waals surface area contributed by atoms with Crippen LogP contribution in [0.4, 0.5) is 5.69 Å². The third-order valence-corrected chi connectivity index (χ3v) is 5.15. The third-order valence-electron chi connectivity index (χ3n) is 4.47. The van der Waals surface area contributed by atoms with Crippen molar-refractivity contribution in [2.75, 3.05) is 30.9 Å². The second-order valence-corrected chi connectivity index (χ2v) is 8.45. The summed E-state index contributed by atoms with van der Waals surface area (Å²) in [5, 5.41) is 0. The van der Waals surface area contributed by atoms with Gasteiger partial charge in [-0.2, -0.15) is 8.42 Å². The summed E-state index contributed by atoms with van der Waals surface area (Å²) in [5.74, 6) is -0.0410. The van der Waals surface area contributed by atoms with Crippen LogP contribution in [-0.4, -0.2) is 50.5 Å². The molecule has 0 radical (unpaired) electrons. The Morgan fingerprint density at radius 1 is 1.32 bits per heavy atom. The first-order chi connectivity index (χ1) is 12.6. The van der Waals surface area contributed by atoms with Gasteiger partial charge in [0.1, 0.15) is 11.5 Å². The van der Waals surface area contributed by atoms with E-state index < -0.39 is 21.4 Å². The number of hydrogen-bond acceptors (Lipinski definition) is 6. The normalized spacial score (nSPS) is 15.2. The Balaban J connectivity index is 0.00000392. The molecule has 0 saturated heterocycles. The van der Waals surface area contributed by atoms with E-state index in [0.717, 1.165) is 11.3 Å². The average molecular weight is 421 g/mol. The Morgan fingerprint density at radius 2 is 2.00 bits per heavy atom. The van der Waals surface area contributed by atoms with E-state index in [4.69, 9.17) is 9.47 Å². The maximum Gasteiger partial charge on any atom is 1.00 e. The summed E-state index contributed by atoms with van der Waals surface area (Å²) >= 11 is 0. The van der Waals surface area contributed by atoms with Gasteiger partial charge in [-0.05, 0) is 44.9 Å². The Hall–Kier alpha value is -1.06. The van der Waals surface area contributed by atoms with E-state index in [-0.39, 0.29) is 37.0 Å². The van der Waals surface area contributed by atoms with Gasteiger partial charge in [0.2, 0.25) is 0 Å². The number of carbonyl (C=O) groups is 1. The average Bonchev–Trinajstić information content (AvgIpc) is 2.55. The smallest absolute Gasteiger partial charge is 1.00 e. The first-order valence-corrected chi connectivity index (χ1v) is 10.5. The molecule has 1 aliphatic heterocycles. The summed E-state index contributed by atoms with van der Waals surface area (Å²) in [6.45, 7) is 6.64. The molecule has 1 aromatic rings. The van der Waals surface area contributed by atoms with Gasteiger partial charge in [0.05, 0.1) is 19.3 Å². The van der Waals surface area contributed by atoms with Crippen molar-refractivity contribution in [2.45, 2.75) is 39.2 Å². The van der Waals surface area contributed by atoms with Gasteiger partial charge >= 0.3 is 35.5 Å². The minimum Gasteiger partial charge on any atom is -1.00 e. The molecule has 1 N–H and O–H groups in total. The van der Waals surface area contributed by atoms with Crippen LogP contribution < -0.4 is 39.2 Å². The van der Waals surface area contributed by atoms with Crippen molar-refractivity contribution < 1.29 is 58.2 Å². The second-order valence-electron chi connectivity index (χ2n) is 6.99. The van der Waals surface area contributed by atoms with Crippen molar-refractivity contribution in [1.82, 2.24) is 0 Å². The first-order valence-electron chi connectivity index (χ1n) is 8.86. The summed E-state index contributed by atoms with van der Waals surface area (Å²) in [7, 11) is -2.60. The van der Waals surface area contributed by atoms with Gasteiger partial charge in [-0.15, -0.1) is 0 Å². The van der Waals surface area contributed by atoms with Crippen molar-refractivity contribution in [1.29, 1.82) is 0 Å². The van der Waals surface area contributed by atoms with Crippen LogP contribution in [0.5, 0.6) is 5.75 Å². The molecule has 0 amide bonds. The van der Waals surface area contributed by atoms with Crippen LogP contribution in [0.2, 0.25) is 0 Å². The van der Waals surface area contributed by atoms with Gasteiger partial charge < -0.3 is 15.8 Å². The topological polar surface area (TPSA) is 93.1 Å². The number of methoxy groups -OCH3 is 1. The molecule has 7 nitrogen and oxygen atoms in total. The van der Waals surface area contributed by atoms with E-state index in [2.05, 4.69) is 4.90 Å². The molecule has 0 fully saturated rings. The number of benzene rings is 1. The van der Waals surface area contributed by atoms with Crippen LogP contribution in [0, 0.1) is 0 Å². The van der Waals surface area contributed by atoms with E-state index in [1.807, 2.05) is 26.0 Å². The molecule has 2 rings (SSSR count). The molecule has 9 heteroatoms. The summed E-state index contributed by atoms with van der Waals surface area (Å²) in [6.07, 6.45) is 2.75. The zero-order valence-electron chi connectivity index (χ0n) is 18.2. The molecule has 28 heavy (non-hydrogen) atoms. The molecule has 1 aliphatic rings. The number of anilines is 1. The van der Waals surface area contributed by atoms with Crippen LogP contribution in [-0.2, 0) is 19.6 Å². The fourth-order valence-electron chi connectivity index (χ4n) is 3.36. The number of ether oxygens (including phenoxy) is 2. The quantitative estimate of drug-likeness (QED) is 0.359. The van der Waals surface area contributed by atoms with Crippen LogP contribution in [0.1, 0.15) is 40.6 Å². The molecule has 1 aromatic carbocycles. The fourth-order valence-corrected chi connectivity index (χ4v) is 4.00. The molecule has 0 bridgehead atoms. The van der Waals surface area contributed by atoms with Crippen molar-refractivity contribution in [2.24, 2.45) is 0 Å². The Labute approximate surface area is 190 Å². The van der Waals surface area contributed by atoms with Gasteiger partial charge in [0, 0.05) is 30.3 Å². The van der Waals surface area contributed by atoms with Crippen LogP contribution in [0.15, 0.2) is 24.3 Å². The van der Waals surface area contributed by atoms with E-state index in [1.54, 1.807) is 26.2 Å². The van der Waals surface area contributed by atoms with E-state index in [1.165, 1.54) is 0 Å². The minimum atomic E-state index is -4.16. The molecular formula is C19H28NNaO6S. The number of rotatable bonds is 8. The number of nitrogens with zero attached hydrogens (tertiary/aromatic N) is 1. The summed E-state index contributed by atoms with van der Waals surface area (Å²) in [6, 6.07) is 5.39. The van der Waals surface area contributed by atoms with Crippen molar-refractivity contribution in [3.8, 4) is 5.75 Å². The number of esters is 1. The molecule has 0 unspecified atom stereocenters. The van der Waals surface area contributed by atoms with Gasteiger partial charge in [-0.3, -0.25) is 9.35 Å². The molecule has 152 valence electrons. The Morgan fingerprint density at radius 3 is 2.57 bits per heavy atom. The SMILES string of the molecule is CCOC(=O)CCCN1c2cc(OC)ccc2C(CS(=O)(=O)O)=CC1(C)C.[H-].[Na+]. The minimum absolute atomic E-state index is 0. The predicted octanol–water partition coefficient (Wildman–Crippen LogP) is 0.0248. The largest absolute Gasteiger partial charge is 1.00 e. The monoisotopic (exact) mass is 421 g/mol. The summed E-state index contributed by atoms with van der Waals surface area (Å²) < 4.78 is 42.5. The zero-order chi connectivity index (χ0) is 20.2. The van der Waals surface area contributed by atoms with Crippen molar-refractivity contribution in [3.63, 3.8) is 0 Å². The first kappa shape index (κ1) is 25.0. The van der Waals surface area contributed by atoms with Crippen molar-refractivity contribution in [3.05, 3.63) is 29.8 Å². The van der Waals surface area contributed by atoms with E-state index in [0.29, 0.717) is 37.3 Å². The van der Waals surface area contributed by atoms with Crippen LogP contribution in [0.3, 0.4) is 0 Å². The second kappa shape index (κ2) is 10.1. The Bertz CT molecular complexity index is 841. The third kappa shape index (κ3) is 6.49. The fraction of sp³-hybridized carbons (Fsp3) is 0.526. The van der Waals surface area contributed by atoms with Gasteiger partial charge in [-0.1, -0.05) is 6.08 Å². The Kier molecular flexibility index (Phi) is 9.02. The van der Waals surface area contributed by atoms with E-state index in [9.17, 15) is 17.8 Å². The van der Waals surface area contributed by atoms with Crippen LogP contribution in [0.25, 0.3) is 5.57 Å². The number of hydrogen-bond donors (Lipinski definition) is 1. The molecule has 0 saturated carbocycles. The number of fused-ring (bicyclic) bond motifs is 1. The molecule has 0 spiro atoms. The molecular weight excluding hydrogens is 393 g/mol. The maximum atomic E-state index is 11.6. The molecule has 0 atom stereocenters. The predicted molar refractivity (Wildman–Crippen MR) is 106 cm³/mol.